The Balaban J connectivity index is 0. The molecule has 4 N–H and O–H groups in total. The maximum Gasteiger partial charge on any atom is 0 e. The molecule has 0 aliphatic carbocycles. The minimum atomic E-state index is 0. The fourth-order valence-electron chi connectivity index (χ4n) is 0. The van der Waals surface area contributed by atoms with Crippen LogP contribution in [0, 0.1) is 0 Å². The molecule has 0 aromatic carbocycles. The average molecular weight is 238 g/mol. The van der Waals surface area contributed by atoms with Crippen molar-refractivity contribution in [2.24, 2.45) is 0 Å². The Labute approximate surface area is 50.1 Å². The van der Waals surface area contributed by atoms with Gasteiger partial charge in [-0.1, -0.05) is 0 Å². The van der Waals surface area contributed by atoms with Gasteiger partial charge in [-0.15, -0.1) is 0 Å². The Bertz CT molecular complexity index is 4.00. The molecule has 0 spiro atoms. The van der Waals surface area contributed by atoms with E-state index in [1.54, 1.807) is 0 Å². The van der Waals surface area contributed by atoms with Crippen LogP contribution in [0.4, 0.5) is 0 Å². The zero-order valence-corrected chi connectivity index (χ0v) is 5.18. The summed E-state index contributed by atoms with van der Waals surface area (Å²) < 4.78 is 0. The van der Waals surface area contributed by atoms with Gasteiger partial charge in [-0.05, 0) is 0 Å². The van der Waals surface area contributed by atoms with Crippen LogP contribution in [-0.4, -0.2) is 11.0 Å². The summed E-state index contributed by atoms with van der Waals surface area (Å²) in [6, 6.07) is 0. The number of hydrogen-bond acceptors (Lipinski definition) is 0. The van der Waals surface area contributed by atoms with Crippen LogP contribution in [0.5, 0.6) is 0 Å². The van der Waals surface area contributed by atoms with Crippen LogP contribution in [-0.2, 0) is 39.0 Å². The molecule has 0 aromatic rings. The standard InChI is InChI=1S/2H2O.2Ru/h2*1H2;;. The van der Waals surface area contributed by atoms with E-state index in [1.807, 2.05) is 0 Å². The van der Waals surface area contributed by atoms with Crippen LogP contribution in [0.1, 0.15) is 0 Å². The minimum Gasteiger partial charge on any atom is -0.412 e. The maximum atomic E-state index is 0. The van der Waals surface area contributed by atoms with E-state index in [4.69, 9.17) is 0 Å². The largest absolute Gasteiger partial charge is 0.412 e. The predicted molar refractivity (Wildman–Crippen MR) is 7.23 cm³/mol. The van der Waals surface area contributed by atoms with Crippen molar-refractivity contribution < 1.29 is 49.9 Å². The molecule has 0 bridgehead atoms. The average Bonchev–Trinajstić information content (AvgIpc) is 0. The molecule has 0 aliphatic heterocycles. The van der Waals surface area contributed by atoms with Crippen molar-refractivity contribution in [3.63, 3.8) is 0 Å². The molecule has 0 atom stereocenters. The SMILES string of the molecule is O.O.[Ru].[Ru]. The van der Waals surface area contributed by atoms with Gasteiger partial charge in [0.1, 0.15) is 0 Å². The predicted octanol–water partition coefficient (Wildman–Crippen LogP) is -1.65. The van der Waals surface area contributed by atoms with Crippen LogP contribution in [0.2, 0.25) is 0 Å². The Morgan fingerprint density at radius 3 is 0.500 bits per heavy atom. The van der Waals surface area contributed by atoms with Gasteiger partial charge in [-0.2, -0.15) is 0 Å². The summed E-state index contributed by atoms with van der Waals surface area (Å²) in [6.07, 6.45) is 0. The van der Waals surface area contributed by atoms with Crippen molar-refractivity contribution in [3.8, 4) is 0 Å². The number of hydrogen-bond donors (Lipinski definition) is 0. The third kappa shape index (κ3) is 10.9. The normalized spacial score (nSPS) is 0. The van der Waals surface area contributed by atoms with E-state index in [-0.39, 0.29) is 49.9 Å². The smallest absolute Gasteiger partial charge is 0 e. The van der Waals surface area contributed by atoms with Crippen molar-refractivity contribution in [3.05, 3.63) is 0 Å². The molecule has 0 aliphatic rings. The zero-order valence-electron chi connectivity index (χ0n) is 1.71. The van der Waals surface area contributed by atoms with Gasteiger partial charge in [-0.25, -0.2) is 0 Å². The van der Waals surface area contributed by atoms with E-state index >= 15 is 0 Å². The third-order valence-corrected chi connectivity index (χ3v) is 0. The minimum absolute atomic E-state index is 0. The fraction of sp³-hybridized carbons (Fsp3) is 0. The topological polar surface area (TPSA) is 63.0 Å². The van der Waals surface area contributed by atoms with E-state index in [0.29, 0.717) is 0 Å². The Kier molecular flexibility index (Phi) is 506. The summed E-state index contributed by atoms with van der Waals surface area (Å²) in [5.41, 5.74) is 0. The third-order valence-electron chi connectivity index (χ3n) is 0. The van der Waals surface area contributed by atoms with Gasteiger partial charge in [0, 0.05) is 39.0 Å². The first-order valence-electron chi connectivity index (χ1n) is 0. The Hall–Kier alpha value is 1.17. The van der Waals surface area contributed by atoms with Gasteiger partial charge in [0.05, 0.1) is 0 Å². The summed E-state index contributed by atoms with van der Waals surface area (Å²) in [5.74, 6) is 0. The summed E-state index contributed by atoms with van der Waals surface area (Å²) in [5, 5.41) is 0. The molecule has 0 saturated carbocycles. The van der Waals surface area contributed by atoms with Crippen LogP contribution < -0.4 is 0 Å². The molecular formula is H4O2Ru2. The molecule has 0 rings (SSSR count). The van der Waals surface area contributed by atoms with E-state index in [9.17, 15) is 0 Å². The quantitative estimate of drug-likeness (QED) is 0.454. The molecule has 0 fully saturated rings. The van der Waals surface area contributed by atoms with Crippen molar-refractivity contribution in [2.45, 2.75) is 0 Å². The first-order valence-corrected chi connectivity index (χ1v) is 0. The van der Waals surface area contributed by atoms with Gasteiger partial charge in [0.25, 0.3) is 0 Å². The maximum absolute atomic E-state index is 0. The monoisotopic (exact) mass is 240 g/mol. The van der Waals surface area contributed by atoms with Gasteiger partial charge >= 0.3 is 0 Å². The van der Waals surface area contributed by atoms with Crippen LogP contribution in [0.3, 0.4) is 0 Å². The molecular weight excluding hydrogens is 234 g/mol. The molecule has 0 saturated heterocycles. The van der Waals surface area contributed by atoms with Crippen LogP contribution in [0.15, 0.2) is 0 Å². The summed E-state index contributed by atoms with van der Waals surface area (Å²) >= 11 is 0. The van der Waals surface area contributed by atoms with Gasteiger partial charge in [0.2, 0.25) is 0 Å². The van der Waals surface area contributed by atoms with Crippen molar-refractivity contribution in [2.75, 3.05) is 0 Å². The molecule has 32 valence electrons. The molecule has 0 amide bonds. The van der Waals surface area contributed by atoms with E-state index in [1.165, 1.54) is 0 Å². The van der Waals surface area contributed by atoms with Crippen molar-refractivity contribution in [1.82, 2.24) is 0 Å². The summed E-state index contributed by atoms with van der Waals surface area (Å²) in [4.78, 5) is 0. The Morgan fingerprint density at radius 2 is 0.500 bits per heavy atom. The molecule has 0 unspecified atom stereocenters. The Morgan fingerprint density at radius 1 is 0.500 bits per heavy atom. The molecule has 4 heavy (non-hydrogen) atoms. The van der Waals surface area contributed by atoms with E-state index < -0.39 is 0 Å². The molecule has 4 heteroatoms. The van der Waals surface area contributed by atoms with Gasteiger partial charge < -0.3 is 11.0 Å². The first kappa shape index (κ1) is 65.9. The second-order valence-electron chi connectivity index (χ2n) is 0. The van der Waals surface area contributed by atoms with Gasteiger partial charge in [0.15, 0.2) is 0 Å². The zero-order chi connectivity index (χ0) is 0. The molecule has 0 heterocycles. The second-order valence-corrected chi connectivity index (χ2v) is 0. The van der Waals surface area contributed by atoms with E-state index in [0.717, 1.165) is 0 Å². The first-order chi connectivity index (χ1) is 0. The van der Waals surface area contributed by atoms with Crippen molar-refractivity contribution >= 4 is 0 Å². The van der Waals surface area contributed by atoms with Crippen LogP contribution in [0.25, 0.3) is 0 Å². The van der Waals surface area contributed by atoms with Crippen molar-refractivity contribution in [1.29, 1.82) is 0 Å². The van der Waals surface area contributed by atoms with E-state index in [2.05, 4.69) is 0 Å². The molecule has 0 aromatic heterocycles. The second kappa shape index (κ2) is 30.7. The fourth-order valence-corrected chi connectivity index (χ4v) is 0. The van der Waals surface area contributed by atoms with Crippen LogP contribution >= 0.6 is 0 Å². The summed E-state index contributed by atoms with van der Waals surface area (Å²) in [7, 11) is 0. The van der Waals surface area contributed by atoms with Gasteiger partial charge in [-0.3, -0.25) is 0 Å². The molecule has 2 nitrogen and oxygen atoms in total. The summed E-state index contributed by atoms with van der Waals surface area (Å²) in [6.45, 7) is 0. The molecule has 0 radical (unpaired) electrons. The number of rotatable bonds is 0.